The predicted octanol–water partition coefficient (Wildman–Crippen LogP) is 2.63. The van der Waals surface area contributed by atoms with Gasteiger partial charge in [-0.15, -0.1) is 0 Å². The van der Waals surface area contributed by atoms with Gasteiger partial charge >= 0.3 is 5.97 Å². The molecular weight excluding hydrogens is 555 g/mol. The normalized spacial score (nSPS) is 22.1. The molecule has 0 amide bonds. The molecule has 0 aliphatic carbocycles. The Balaban J connectivity index is 1.52. The molecular formula is C30H33FN8O4. The van der Waals surface area contributed by atoms with Gasteiger partial charge in [0.2, 0.25) is 5.43 Å². The number of hydrogen-bond acceptors (Lipinski definition) is 9. The first-order valence-corrected chi connectivity index (χ1v) is 14.3. The molecule has 4 aromatic rings. The van der Waals surface area contributed by atoms with E-state index in [1.807, 2.05) is 6.92 Å². The molecule has 0 bridgehead atoms. The number of likely N-dealkylation sites (N-methyl/N-ethyl adjacent to an activating group) is 1. The van der Waals surface area contributed by atoms with Crippen molar-refractivity contribution < 1.29 is 19.0 Å². The number of anilines is 2. The Hall–Kier alpha value is -4.62. The molecule has 2 fully saturated rings. The number of hydrogen-bond donors (Lipinski definition) is 5. The van der Waals surface area contributed by atoms with Crippen LogP contribution in [0.4, 0.5) is 15.9 Å². The van der Waals surface area contributed by atoms with Crippen molar-refractivity contribution in [2.75, 3.05) is 63.4 Å². The molecule has 6 heterocycles. The molecule has 13 heteroatoms. The number of fused-ring (bicyclic) bond motifs is 5. The average Bonchev–Trinajstić information content (AvgIpc) is 3.58. The van der Waals surface area contributed by atoms with Crippen LogP contribution in [0.5, 0.6) is 0 Å². The summed E-state index contributed by atoms with van der Waals surface area (Å²) < 4.78 is 22.6. The van der Waals surface area contributed by atoms with Gasteiger partial charge in [-0.2, -0.15) is 0 Å². The molecule has 0 radical (unpaired) electrons. The first-order chi connectivity index (χ1) is 20.7. The highest BCUT2D eigenvalue weighted by molar-refractivity contribution is 6.11. The highest BCUT2D eigenvalue weighted by atomic mass is 19.1. The minimum Gasteiger partial charge on any atom is -0.477 e. The lowest BCUT2D eigenvalue weighted by Crippen LogP contribution is -2.48. The SMILES string of the molecule is CNc1cc(F)cc2c3c([nH]c12)NC(C)C(c1cnc2c(c1)c(=O)c(C(=O)O)cn2NC)=C3N1C[C@H]2OCCN(C)[C@H]2C1. The zero-order valence-corrected chi connectivity index (χ0v) is 24.3. The summed E-state index contributed by atoms with van der Waals surface area (Å²) >= 11 is 0. The second-order valence-electron chi connectivity index (χ2n) is 11.4. The van der Waals surface area contributed by atoms with Gasteiger partial charge in [0.15, 0.2) is 5.65 Å². The molecule has 12 nitrogen and oxygen atoms in total. The number of carbonyl (C=O) groups is 1. The summed E-state index contributed by atoms with van der Waals surface area (Å²) in [4.78, 5) is 38.0. The highest BCUT2D eigenvalue weighted by Gasteiger charge is 2.43. The molecule has 3 atom stereocenters. The molecule has 3 aromatic heterocycles. The van der Waals surface area contributed by atoms with E-state index in [-0.39, 0.29) is 35.0 Å². The van der Waals surface area contributed by atoms with Gasteiger partial charge in [0, 0.05) is 68.2 Å². The highest BCUT2D eigenvalue weighted by Crippen LogP contribution is 2.47. The second kappa shape index (κ2) is 9.99. The topological polar surface area (TPSA) is 140 Å². The van der Waals surface area contributed by atoms with Crippen molar-refractivity contribution in [2.24, 2.45) is 0 Å². The third kappa shape index (κ3) is 4.13. The number of aromatic nitrogens is 3. The van der Waals surface area contributed by atoms with Gasteiger partial charge in [0.25, 0.3) is 0 Å². The third-order valence-electron chi connectivity index (χ3n) is 8.95. The number of aromatic amines is 1. The van der Waals surface area contributed by atoms with Crippen molar-refractivity contribution in [3.8, 4) is 0 Å². The number of aromatic carboxylic acids is 1. The summed E-state index contributed by atoms with van der Waals surface area (Å²) in [6.45, 7) is 4.86. The minimum absolute atomic E-state index is 0.00615. The molecule has 224 valence electrons. The third-order valence-corrected chi connectivity index (χ3v) is 8.95. The van der Waals surface area contributed by atoms with E-state index < -0.39 is 11.4 Å². The van der Waals surface area contributed by atoms with Crippen LogP contribution < -0.4 is 21.5 Å². The number of carboxylic acid groups (broad SMARTS) is 1. The van der Waals surface area contributed by atoms with Crippen LogP contribution in [-0.4, -0.2) is 101 Å². The molecule has 3 aliphatic heterocycles. The molecule has 3 aliphatic rings. The van der Waals surface area contributed by atoms with Crippen molar-refractivity contribution in [1.29, 1.82) is 0 Å². The number of rotatable bonds is 5. The number of nitrogens with one attached hydrogen (secondary N) is 4. The number of carboxylic acids is 1. The lowest BCUT2D eigenvalue weighted by molar-refractivity contribution is -0.0367. The van der Waals surface area contributed by atoms with Gasteiger partial charge in [-0.3, -0.25) is 9.69 Å². The van der Waals surface area contributed by atoms with Gasteiger partial charge in [-0.05, 0) is 32.2 Å². The maximum Gasteiger partial charge on any atom is 0.341 e. The van der Waals surface area contributed by atoms with Crippen molar-refractivity contribution >= 4 is 50.7 Å². The maximum atomic E-state index is 15.0. The molecule has 7 rings (SSSR count). The fourth-order valence-corrected chi connectivity index (χ4v) is 6.88. The first kappa shape index (κ1) is 27.2. The van der Waals surface area contributed by atoms with Crippen molar-refractivity contribution in [2.45, 2.75) is 25.1 Å². The Morgan fingerprint density at radius 1 is 1.21 bits per heavy atom. The zero-order valence-electron chi connectivity index (χ0n) is 24.3. The monoisotopic (exact) mass is 588 g/mol. The number of halogens is 1. The molecule has 0 spiro atoms. The second-order valence-corrected chi connectivity index (χ2v) is 11.4. The summed E-state index contributed by atoms with van der Waals surface area (Å²) in [6, 6.07) is 4.65. The van der Waals surface area contributed by atoms with Gasteiger partial charge < -0.3 is 35.8 Å². The standard InChI is InChI=1S/C30H33FN8O4/c1-14-23(15-7-18-27(40)19(30(41)42)11-39(33-3)29(18)34-10-15)26(38-12-21-22(13-38)43-6-5-37(21)4)24-17-8-16(31)9-20(32-2)25(17)36-28(24)35-14/h7-11,14,21-22,32-33,35-36H,5-6,12-13H2,1-4H3,(H,41,42)/t14?,21-,22+/m0/s1. The summed E-state index contributed by atoms with van der Waals surface area (Å²) in [5, 5.41) is 17.3. The van der Waals surface area contributed by atoms with Gasteiger partial charge in [0.1, 0.15) is 17.2 Å². The average molecular weight is 589 g/mol. The lowest BCUT2D eigenvalue weighted by Gasteiger charge is -2.34. The Bertz CT molecular complexity index is 1900. The fourth-order valence-electron chi connectivity index (χ4n) is 6.88. The van der Waals surface area contributed by atoms with Gasteiger partial charge in [-0.25, -0.2) is 18.8 Å². The molecule has 1 unspecified atom stereocenters. The van der Waals surface area contributed by atoms with Crippen LogP contribution in [0.15, 0.2) is 35.4 Å². The maximum absolute atomic E-state index is 15.0. The van der Waals surface area contributed by atoms with Gasteiger partial charge in [0.05, 0.1) is 47.1 Å². The molecule has 5 N–H and O–H groups in total. The number of pyridine rings is 2. The molecule has 43 heavy (non-hydrogen) atoms. The van der Waals surface area contributed by atoms with E-state index in [9.17, 15) is 19.1 Å². The summed E-state index contributed by atoms with van der Waals surface area (Å²) in [5.74, 6) is -0.909. The minimum atomic E-state index is -1.32. The first-order valence-electron chi connectivity index (χ1n) is 14.3. The quantitative estimate of drug-likeness (QED) is 0.236. The Morgan fingerprint density at radius 2 is 2.02 bits per heavy atom. The fraction of sp³-hybridized carbons (Fsp3) is 0.367. The van der Waals surface area contributed by atoms with Crippen LogP contribution in [0.25, 0.3) is 33.2 Å². The van der Waals surface area contributed by atoms with E-state index in [4.69, 9.17) is 4.74 Å². The van der Waals surface area contributed by atoms with E-state index in [1.165, 1.54) is 23.0 Å². The predicted molar refractivity (Wildman–Crippen MR) is 164 cm³/mol. The molecule has 0 saturated carbocycles. The Kier molecular flexibility index (Phi) is 6.32. The largest absolute Gasteiger partial charge is 0.477 e. The molecule has 2 saturated heterocycles. The van der Waals surface area contributed by atoms with Crippen LogP contribution in [0.2, 0.25) is 0 Å². The summed E-state index contributed by atoms with van der Waals surface area (Å²) in [6.07, 6.45) is 2.95. The zero-order chi connectivity index (χ0) is 30.2. The Morgan fingerprint density at radius 3 is 2.74 bits per heavy atom. The summed E-state index contributed by atoms with van der Waals surface area (Å²) in [7, 11) is 5.49. The number of likely N-dealkylation sites (tertiary alicyclic amines) is 1. The van der Waals surface area contributed by atoms with E-state index in [2.05, 4.69) is 42.9 Å². The van der Waals surface area contributed by atoms with E-state index in [1.54, 1.807) is 26.4 Å². The number of benzene rings is 1. The van der Waals surface area contributed by atoms with E-state index in [0.29, 0.717) is 36.6 Å². The number of morpholine rings is 1. The Labute approximate surface area is 246 Å². The number of H-pyrrole nitrogens is 1. The summed E-state index contributed by atoms with van der Waals surface area (Å²) in [5.41, 5.74) is 6.91. The lowest BCUT2D eigenvalue weighted by atomic mass is 9.90. The van der Waals surface area contributed by atoms with Crippen molar-refractivity contribution in [3.05, 3.63) is 63.3 Å². The smallest absolute Gasteiger partial charge is 0.341 e. The van der Waals surface area contributed by atoms with Crippen LogP contribution >= 0.6 is 0 Å². The van der Waals surface area contributed by atoms with E-state index in [0.717, 1.165) is 40.1 Å². The number of ether oxygens (including phenoxy) is 1. The van der Waals surface area contributed by atoms with Crippen LogP contribution in [0, 0.1) is 5.82 Å². The number of nitrogens with zero attached hydrogens (tertiary/aromatic N) is 4. The van der Waals surface area contributed by atoms with Crippen molar-refractivity contribution in [1.82, 2.24) is 24.4 Å². The van der Waals surface area contributed by atoms with Crippen molar-refractivity contribution in [3.63, 3.8) is 0 Å². The van der Waals surface area contributed by atoms with E-state index >= 15 is 0 Å². The van der Waals surface area contributed by atoms with Gasteiger partial charge in [-0.1, -0.05) is 0 Å². The van der Waals surface area contributed by atoms with Crippen LogP contribution in [-0.2, 0) is 4.74 Å². The molecule has 1 aromatic carbocycles. The van der Waals surface area contributed by atoms with Crippen LogP contribution in [0.3, 0.4) is 0 Å². The van der Waals surface area contributed by atoms with Crippen LogP contribution in [0.1, 0.15) is 28.4 Å².